The second-order valence-corrected chi connectivity index (χ2v) is 4.30. The first kappa shape index (κ1) is 11.5. The Morgan fingerprint density at radius 1 is 1.05 bits per heavy atom. The minimum atomic E-state index is 0.547. The number of nitrogens with zero attached hydrogens (tertiary/aromatic N) is 2. The third-order valence-electron chi connectivity index (χ3n) is 2.98. The Morgan fingerprint density at radius 2 is 1.84 bits per heavy atom. The molecule has 0 fully saturated rings. The number of anilines is 2. The molecule has 2 heterocycles. The topological polar surface area (TPSA) is 63.8 Å². The van der Waals surface area contributed by atoms with Gasteiger partial charge in [-0.25, -0.2) is 4.98 Å². The number of aromatic nitrogens is 2. The van der Waals surface area contributed by atoms with Crippen molar-refractivity contribution in [1.29, 1.82) is 0 Å². The quantitative estimate of drug-likeness (QED) is 0.750. The zero-order valence-corrected chi connectivity index (χ0v) is 10.4. The van der Waals surface area contributed by atoms with Gasteiger partial charge in [-0.05, 0) is 23.6 Å². The van der Waals surface area contributed by atoms with Crippen molar-refractivity contribution in [3.8, 4) is 0 Å². The van der Waals surface area contributed by atoms with E-state index in [4.69, 9.17) is 5.73 Å². The standard InChI is InChI=1S/C15H14N4/c16-15-9-11-3-1-2-4-13(11)14(19-15)10-18-12-5-7-17-8-6-12/h1-9H,10H2,(H2,16,19)(H,17,18). The van der Waals surface area contributed by atoms with Gasteiger partial charge in [0.2, 0.25) is 0 Å². The molecule has 3 rings (SSSR count). The highest BCUT2D eigenvalue weighted by Gasteiger charge is 2.04. The van der Waals surface area contributed by atoms with E-state index in [1.165, 1.54) is 0 Å². The van der Waals surface area contributed by atoms with Crippen LogP contribution in [0.3, 0.4) is 0 Å². The largest absolute Gasteiger partial charge is 0.384 e. The fourth-order valence-electron chi connectivity index (χ4n) is 2.08. The van der Waals surface area contributed by atoms with Crippen LogP contribution in [0.5, 0.6) is 0 Å². The van der Waals surface area contributed by atoms with Crippen LogP contribution in [0.2, 0.25) is 0 Å². The smallest absolute Gasteiger partial charge is 0.124 e. The Balaban J connectivity index is 1.92. The lowest BCUT2D eigenvalue weighted by molar-refractivity contribution is 1.07. The fraction of sp³-hybridized carbons (Fsp3) is 0.0667. The van der Waals surface area contributed by atoms with Gasteiger partial charge in [-0.1, -0.05) is 24.3 Å². The van der Waals surface area contributed by atoms with Gasteiger partial charge >= 0.3 is 0 Å². The highest BCUT2D eigenvalue weighted by atomic mass is 14.9. The van der Waals surface area contributed by atoms with Crippen molar-refractivity contribution in [3.63, 3.8) is 0 Å². The predicted molar refractivity (Wildman–Crippen MR) is 77.7 cm³/mol. The summed E-state index contributed by atoms with van der Waals surface area (Å²) >= 11 is 0. The van der Waals surface area contributed by atoms with Crippen LogP contribution in [-0.4, -0.2) is 9.97 Å². The molecule has 0 atom stereocenters. The first-order chi connectivity index (χ1) is 9.33. The summed E-state index contributed by atoms with van der Waals surface area (Å²) in [5.74, 6) is 0.547. The molecule has 0 bridgehead atoms. The average molecular weight is 250 g/mol. The molecule has 1 aromatic carbocycles. The predicted octanol–water partition coefficient (Wildman–Crippen LogP) is 2.82. The number of nitrogens with two attached hydrogens (primary N) is 1. The monoisotopic (exact) mass is 250 g/mol. The molecule has 3 aromatic rings. The highest BCUT2D eigenvalue weighted by molar-refractivity contribution is 5.86. The second kappa shape index (κ2) is 4.94. The van der Waals surface area contributed by atoms with Crippen molar-refractivity contribution in [2.24, 2.45) is 0 Å². The molecule has 4 nitrogen and oxygen atoms in total. The van der Waals surface area contributed by atoms with Crippen LogP contribution in [0.25, 0.3) is 10.8 Å². The minimum absolute atomic E-state index is 0.547. The van der Waals surface area contributed by atoms with E-state index in [1.54, 1.807) is 12.4 Å². The van der Waals surface area contributed by atoms with Crippen LogP contribution in [0.4, 0.5) is 11.5 Å². The molecule has 4 heteroatoms. The highest BCUT2D eigenvalue weighted by Crippen LogP contribution is 2.20. The third kappa shape index (κ3) is 2.47. The summed E-state index contributed by atoms with van der Waals surface area (Å²) in [6.07, 6.45) is 3.51. The SMILES string of the molecule is Nc1cc2ccccc2c(CNc2ccncc2)n1. The van der Waals surface area contributed by atoms with Gasteiger partial charge < -0.3 is 11.1 Å². The molecule has 0 aliphatic heterocycles. The molecule has 0 amide bonds. The second-order valence-electron chi connectivity index (χ2n) is 4.30. The van der Waals surface area contributed by atoms with E-state index in [2.05, 4.69) is 21.4 Å². The van der Waals surface area contributed by atoms with E-state index in [-0.39, 0.29) is 0 Å². The van der Waals surface area contributed by atoms with E-state index < -0.39 is 0 Å². The Labute approximate surface area is 111 Å². The zero-order chi connectivity index (χ0) is 13.1. The number of nitrogens with one attached hydrogen (secondary N) is 1. The number of hydrogen-bond acceptors (Lipinski definition) is 4. The molecular formula is C15H14N4. The van der Waals surface area contributed by atoms with E-state index >= 15 is 0 Å². The number of hydrogen-bond donors (Lipinski definition) is 2. The van der Waals surface area contributed by atoms with Crippen molar-refractivity contribution in [1.82, 2.24) is 9.97 Å². The molecule has 94 valence electrons. The van der Waals surface area contributed by atoms with E-state index in [0.717, 1.165) is 22.2 Å². The number of benzene rings is 1. The molecule has 2 aromatic heterocycles. The molecule has 19 heavy (non-hydrogen) atoms. The summed E-state index contributed by atoms with van der Waals surface area (Å²) < 4.78 is 0. The van der Waals surface area contributed by atoms with Gasteiger partial charge in [0, 0.05) is 23.5 Å². The van der Waals surface area contributed by atoms with Crippen LogP contribution in [0, 0.1) is 0 Å². The number of nitrogen functional groups attached to an aromatic ring is 1. The lowest BCUT2D eigenvalue weighted by Gasteiger charge is -2.09. The van der Waals surface area contributed by atoms with Crippen LogP contribution in [0.1, 0.15) is 5.69 Å². The maximum absolute atomic E-state index is 5.84. The van der Waals surface area contributed by atoms with Crippen LogP contribution in [0.15, 0.2) is 54.9 Å². The number of rotatable bonds is 3. The normalized spacial score (nSPS) is 10.5. The maximum atomic E-state index is 5.84. The van der Waals surface area contributed by atoms with Crippen molar-refractivity contribution >= 4 is 22.3 Å². The average Bonchev–Trinajstić information content (AvgIpc) is 2.45. The first-order valence-electron chi connectivity index (χ1n) is 6.11. The Morgan fingerprint density at radius 3 is 2.68 bits per heavy atom. The van der Waals surface area contributed by atoms with Crippen LogP contribution in [-0.2, 0) is 6.54 Å². The summed E-state index contributed by atoms with van der Waals surface area (Å²) in [5.41, 5.74) is 7.81. The molecular weight excluding hydrogens is 236 g/mol. The van der Waals surface area contributed by atoms with Crippen LogP contribution < -0.4 is 11.1 Å². The zero-order valence-electron chi connectivity index (χ0n) is 10.4. The molecule has 0 saturated heterocycles. The molecule has 0 unspecified atom stereocenters. The minimum Gasteiger partial charge on any atom is -0.384 e. The first-order valence-corrected chi connectivity index (χ1v) is 6.11. The van der Waals surface area contributed by atoms with Gasteiger partial charge in [0.1, 0.15) is 5.82 Å². The van der Waals surface area contributed by atoms with Gasteiger partial charge in [0.05, 0.1) is 12.2 Å². The Bertz CT molecular complexity index is 695. The fourth-order valence-corrected chi connectivity index (χ4v) is 2.08. The Kier molecular flexibility index (Phi) is 2.98. The third-order valence-corrected chi connectivity index (χ3v) is 2.98. The van der Waals surface area contributed by atoms with E-state index in [1.807, 2.05) is 36.4 Å². The van der Waals surface area contributed by atoms with Crippen molar-refractivity contribution in [2.75, 3.05) is 11.1 Å². The van der Waals surface area contributed by atoms with Crippen molar-refractivity contribution in [3.05, 3.63) is 60.6 Å². The molecule has 0 saturated carbocycles. The number of fused-ring (bicyclic) bond motifs is 1. The van der Waals surface area contributed by atoms with Crippen molar-refractivity contribution in [2.45, 2.75) is 6.54 Å². The van der Waals surface area contributed by atoms with Gasteiger partial charge in [-0.3, -0.25) is 4.98 Å². The van der Waals surface area contributed by atoms with Gasteiger partial charge in [-0.15, -0.1) is 0 Å². The van der Waals surface area contributed by atoms with E-state index in [9.17, 15) is 0 Å². The summed E-state index contributed by atoms with van der Waals surface area (Å²) in [6, 6.07) is 13.9. The molecule has 0 spiro atoms. The van der Waals surface area contributed by atoms with E-state index in [0.29, 0.717) is 12.4 Å². The molecule has 0 radical (unpaired) electrons. The maximum Gasteiger partial charge on any atom is 0.124 e. The number of pyridine rings is 2. The molecule has 0 aliphatic carbocycles. The summed E-state index contributed by atoms with van der Waals surface area (Å²) in [5, 5.41) is 5.56. The van der Waals surface area contributed by atoms with Gasteiger partial charge in [0.25, 0.3) is 0 Å². The Hall–Kier alpha value is -2.62. The molecule has 0 aliphatic rings. The summed E-state index contributed by atoms with van der Waals surface area (Å²) in [6.45, 7) is 0.634. The van der Waals surface area contributed by atoms with Crippen molar-refractivity contribution < 1.29 is 0 Å². The summed E-state index contributed by atoms with van der Waals surface area (Å²) in [4.78, 5) is 8.40. The van der Waals surface area contributed by atoms with Crippen LogP contribution >= 0.6 is 0 Å². The lowest BCUT2D eigenvalue weighted by atomic mass is 10.1. The molecule has 3 N–H and O–H groups in total. The van der Waals surface area contributed by atoms with Gasteiger partial charge in [0.15, 0.2) is 0 Å². The van der Waals surface area contributed by atoms with Gasteiger partial charge in [-0.2, -0.15) is 0 Å². The summed E-state index contributed by atoms with van der Waals surface area (Å²) in [7, 11) is 0. The lowest BCUT2D eigenvalue weighted by Crippen LogP contribution is -2.04.